The van der Waals surface area contributed by atoms with Gasteiger partial charge in [-0.05, 0) is 17.7 Å². The lowest BCUT2D eigenvalue weighted by Gasteiger charge is -2.39. The molecule has 0 saturated carbocycles. The summed E-state index contributed by atoms with van der Waals surface area (Å²) in [5.74, 6) is 0.764. The van der Waals surface area contributed by atoms with E-state index in [4.69, 9.17) is 19.3 Å². The van der Waals surface area contributed by atoms with Crippen molar-refractivity contribution in [1.82, 2.24) is 0 Å². The Bertz CT molecular complexity index is 500. The van der Waals surface area contributed by atoms with Crippen LogP contribution in [0.1, 0.15) is 5.56 Å². The van der Waals surface area contributed by atoms with Crippen LogP contribution in [0, 0.1) is 0 Å². The average Bonchev–Trinajstić information content (AvgIpc) is 2.59. The predicted molar refractivity (Wildman–Crippen MR) is 81.7 cm³/mol. The van der Waals surface area contributed by atoms with E-state index in [0.717, 1.165) is 11.3 Å². The molecular weight excluding hydrogens is 304 g/mol. The van der Waals surface area contributed by atoms with Gasteiger partial charge in [0.05, 0.1) is 20.3 Å². The molecule has 0 aliphatic carbocycles. The molecule has 1 fully saturated rings. The van der Waals surface area contributed by atoms with Crippen LogP contribution in [0.2, 0.25) is 0 Å². The van der Waals surface area contributed by atoms with Gasteiger partial charge in [-0.1, -0.05) is 24.3 Å². The molecule has 0 aromatic heterocycles. The summed E-state index contributed by atoms with van der Waals surface area (Å²) in [5.41, 5.74) is 0.947. The molecule has 0 spiro atoms. The highest BCUT2D eigenvalue weighted by atomic mass is 16.7. The lowest BCUT2D eigenvalue weighted by molar-refractivity contribution is -0.298. The minimum atomic E-state index is -1.43. The van der Waals surface area contributed by atoms with Crippen molar-refractivity contribution in [3.63, 3.8) is 0 Å². The van der Waals surface area contributed by atoms with Gasteiger partial charge in [-0.3, -0.25) is 0 Å². The molecule has 5 atom stereocenters. The van der Waals surface area contributed by atoms with Crippen molar-refractivity contribution >= 4 is 6.08 Å². The van der Waals surface area contributed by atoms with Gasteiger partial charge in [0, 0.05) is 0 Å². The van der Waals surface area contributed by atoms with Crippen LogP contribution in [0.25, 0.3) is 6.08 Å². The van der Waals surface area contributed by atoms with Gasteiger partial charge in [0.2, 0.25) is 0 Å². The van der Waals surface area contributed by atoms with E-state index in [-0.39, 0.29) is 6.61 Å². The van der Waals surface area contributed by atoms with E-state index in [1.54, 1.807) is 13.2 Å². The Balaban J connectivity index is 1.85. The van der Waals surface area contributed by atoms with Gasteiger partial charge in [0.1, 0.15) is 30.2 Å². The van der Waals surface area contributed by atoms with Gasteiger partial charge in [0.25, 0.3) is 0 Å². The summed E-state index contributed by atoms with van der Waals surface area (Å²) in [6, 6.07) is 7.42. The van der Waals surface area contributed by atoms with Gasteiger partial charge in [-0.25, -0.2) is 0 Å². The van der Waals surface area contributed by atoms with Crippen molar-refractivity contribution in [2.45, 2.75) is 30.7 Å². The molecule has 23 heavy (non-hydrogen) atoms. The molecule has 4 N–H and O–H groups in total. The molecule has 1 aromatic rings. The number of hydrogen-bond donors (Lipinski definition) is 4. The van der Waals surface area contributed by atoms with Crippen LogP contribution in [0.4, 0.5) is 0 Å². The zero-order valence-electron chi connectivity index (χ0n) is 12.8. The number of aliphatic hydroxyl groups is 4. The van der Waals surface area contributed by atoms with E-state index in [2.05, 4.69) is 0 Å². The maximum Gasteiger partial charge on any atom is 0.187 e. The van der Waals surface area contributed by atoms with Gasteiger partial charge < -0.3 is 34.6 Å². The van der Waals surface area contributed by atoms with Gasteiger partial charge in [-0.15, -0.1) is 0 Å². The first-order chi connectivity index (χ1) is 11.1. The topological polar surface area (TPSA) is 109 Å². The Morgan fingerprint density at radius 3 is 2.39 bits per heavy atom. The Morgan fingerprint density at radius 1 is 1.09 bits per heavy atom. The Hall–Kier alpha value is -1.48. The van der Waals surface area contributed by atoms with Gasteiger partial charge >= 0.3 is 0 Å². The number of hydrogen-bond acceptors (Lipinski definition) is 7. The second kappa shape index (κ2) is 8.39. The highest BCUT2D eigenvalue weighted by Gasteiger charge is 2.43. The average molecular weight is 326 g/mol. The van der Waals surface area contributed by atoms with Crippen LogP contribution in [-0.4, -0.2) is 71.5 Å². The predicted octanol–water partition coefficient (Wildman–Crippen LogP) is -0.475. The normalized spacial score (nSPS) is 31.4. The molecule has 1 saturated heterocycles. The van der Waals surface area contributed by atoms with Crippen molar-refractivity contribution in [3.05, 3.63) is 35.9 Å². The summed E-state index contributed by atoms with van der Waals surface area (Å²) in [7, 11) is 1.60. The summed E-state index contributed by atoms with van der Waals surface area (Å²) < 4.78 is 15.6. The van der Waals surface area contributed by atoms with E-state index in [0.29, 0.717) is 0 Å². The highest BCUT2D eigenvalue weighted by Crippen LogP contribution is 2.22. The summed E-state index contributed by atoms with van der Waals surface area (Å²) in [5, 5.41) is 38.2. The van der Waals surface area contributed by atoms with Crippen molar-refractivity contribution in [2.24, 2.45) is 0 Å². The van der Waals surface area contributed by atoms with Crippen molar-refractivity contribution in [3.8, 4) is 5.75 Å². The molecule has 1 aliphatic rings. The molecule has 1 heterocycles. The second-order valence-corrected chi connectivity index (χ2v) is 5.21. The highest BCUT2D eigenvalue weighted by molar-refractivity contribution is 5.50. The minimum absolute atomic E-state index is 0.134. The van der Waals surface area contributed by atoms with Crippen molar-refractivity contribution < 1.29 is 34.6 Å². The van der Waals surface area contributed by atoms with Crippen LogP contribution in [0.15, 0.2) is 30.3 Å². The number of ether oxygens (including phenoxy) is 3. The maximum absolute atomic E-state index is 9.82. The fraction of sp³-hybridized carbons (Fsp3) is 0.500. The number of methoxy groups -OCH3 is 1. The fourth-order valence-electron chi connectivity index (χ4n) is 2.25. The number of benzene rings is 1. The van der Waals surface area contributed by atoms with Crippen LogP contribution in [0.5, 0.6) is 5.75 Å². The maximum atomic E-state index is 9.82. The largest absolute Gasteiger partial charge is 0.497 e. The SMILES string of the molecule is COc1ccc(/C=C/CO[C@@H]2O[C@H](CO)[C@@H](O)[C@H](O)[C@H]2O)cc1. The number of rotatable bonds is 6. The first kappa shape index (κ1) is 17.9. The molecule has 0 amide bonds. The number of aliphatic hydroxyl groups excluding tert-OH is 4. The van der Waals surface area contributed by atoms with E-state index >= 15 is 0 Å². The third-order valence-electron chi connectivity index (χ3n) is 3.63. The van der Waals surface area contributed by atoms with E-state index < -0.39 is 37.3 Å². The Morgan fingerprint density at radius 2 is 1.78 bits per heavy atom. The van der Waals surface area contributed by atoms with Crippen molar-refractivity contribution in [1.29, 1.82) is 0 Å². The molecule has 1 aromatic carbocycles. The lowest BCUT2D eigenvalue weighted by Crippen LogP contribution is -2.59. The van der Waals surface area contributed by atoms with Gasteiger partial charge in [-0.2, -0.15) is 0 Å². The monoisotopic (exact) mass is 326 g/mol. The molecule has 1 aliphatic heterocycles. The summed E-state index contributed by atoms with van der Waals surface area (Å²) >= 11 is 0. The van der Waals surface area contributed by atoms with Gasteiger partial charge in [0.15, 0.2) is 6.29 Å². The van der Waals surface area contributed by atoms with Crippen LogP contribution in [0.3, 0.4) is 0 Å². The fourth-order valence-corrected chi connectivity index (χ4v) is 2.25. The summed E-state index contributed by atoms with van der Waals surface area (Å²) in [6.07, 6.45) is -2.74. The molecule has 128 valence electrons. The zero-order chi connectivity index (χ0) is 16.8. The standard InChI is InChI=1S/C16H22O7/c1-21-11-6-4-10(5-7-11)3-2-8-22-16-15(20)14(19)13(18)12(9-17)23-16/h2-7,12-20H,8-9H2,1H3/b3-2+/t12-,13-,14+,15-,16-/m1/s1. The molecule has 0 radical (unpaired) electrons. The molecule has 7 heteroatoms. The van der Waals surface area contributed by atoms with Crippen LogP contribution >= 0.6 is 0 Å². The lowest BCUT2D eigenvalue weighted by atomic mass is 9.99. The third-order valence-corrected chi connectivity index (χ3v) is 3.63. The first-order valence-corrected chi connectivity index (χ1v) is 7.29. The van der Waals surface area contributed by atoms with E-state index in [1.165, 1.54) is 0 Å². The summed E-state index contributed by atoms with van der Waals surface area (Å²) in [4.78, 5) is 0. The smallest absolute Gasteiger partial charge is 0.187 e. The molecule has 0 unspecified atom stereocenters. The minimum Gasteiger partial charge on any atom is -0.497 e. The second-order valence-electron chi connectivity index (χ2n) is 5.21. The molecule has 7 nitrogen and oxygen atoms in total. The van der Waals surface area contributed by atoms with Crippen LogP contribution in [-0.2, 0) is 9.47 Å². The first-order valence-electron chi connectivity index (χ1n) is 7.29. The van der Waals surface area contributed by atoms with Crippen molar-refractivity contribution in [2.75, 3.05) is 20.3 Å². The molecule has 0 bridgehead atoms. The quantitative estimate of drug-likeness (QED) is 0.559. The zero-order valence-corrected chi connectivity index (χ0v) is 12.8. The van der Waals surface area contributed by atoms with E-state index in [1.807, 2.05) is 30.3 Å². The summed E-state index contributed by atoms with van der Waals surface area (Å²) in [6.45, 7) is -0.346. The molecule has 2 rings (SSSR count). The van der Waals surface area contributed by atoms with Crippen LogP contribution < -0.4 is 4.74 Å². The Labute approximate surface area is 134 Å². The van der Waals surface area contributed by atoms with E-state index in [9.17, 15) is 15.3 Å². The molecular formula is C16H22O7. The third kappa shape index (κ3) is 4.51. The Kier molecular flexibility index (Phi) is 6.52.